The largest absolute Gasteiger partial charge is 0.512 e. The third-order valence-electron chi connectivity index (χ3n) is 5.81. The minimum Gasteiger partial charge on any atom is -0.512 e. The Bertz CT molecular complexity index is 1190. The normalized spacial score (nSPS) is 11.5. The van der Waals surface area contributed by atoms with Gasteiger partial charge in [0.1, 0.15) is 0 Å². The molecule has 3 aromatic rings. The van der Waals surface area contributed by atoms with E-state index in [-0.39, 0.29) is 31.6 Å². The van der Waals surface area contributed by atoms with Crippen LogP contribution in [0.3, 0.4) is 0 Å². The number of carbonyl (C=O) groups is 1. The van der Waals surface area contributed by atoms with Crippen LogP contribution in [0.1, 0.15) is 76.6 Å². The van der Waals surface area contributed by atoms with Crippen molar-refractivity contribution in [2.75, 3.05) is 0 Å². The van der Waals surface area contributed by atoms with Gasteiger partial charge in [0.05, 0.1) is 11.3 Å². The number of hydrogen-bond donors (Lipinski definition) is 1. The molecule has 0 saturated heterocycles. The molecule has 203 valence electrons. The van der Waals surface area contributed by atoms with Gasteiger partial charge in [-0.05, 0) is 54.0 Å². The van der Waals surface area contributed by atoms with Crippen molar-refractivity contribution < 1.29 is 30.0 Å². The van der Waals surface area contributed by atoms with Crippen LogP contribution in [0.2, 0.25) is 0 Å². The maximum absolute atomic E-state index is 11.2. The van der Waals surface area contributed by atoms with Crippen molar-refractivity contribution in [1.29, 1.82) is 0 Å². The molecule has 0 aliphatic carbocycles. The number of ketones is 1. The Kier molecular flexibility index (Phi) is 13.4. The van der Waals surface area contributed by atoms with E-state index in [1.54, 1.807) is 0 Å². The van der Waals surface area contributed by atoms with E-state index in [0.717, 1.165) is 28.8 Å². The number of pyridine rings is 1. The summed E-state index contributed by atoms with van der Waals surface area (Å²) in [7, 11) is 0. The number of aromatic nitrogens is 1. The summed E-state index contributed by atoms with van der Waals surface area (Å²) in [5, 5.41) is 10.6. The molecule has 0 saturated carbocycles. The van der Waals surface area contributed by atoms with Crippen molar-refractivity contribution in [3.63, 3.8) is 0 Å². The molecule has 0 aliphatic rings. The first kappa shape index (κ1) is 32.7. The van der Waals surface area contributed by atoms with Crippen LogP contribution in [0, 0.1) is 44.6 Å². The number of benzene rings is 2. The van der Waals surface area contributed by atoms with Crippen molar-refractivity contribution in [1.82, 2.24) is 4.98 Å². The number of aliphatic hydroxyl groups is 1. The third kappa shape index (κ3) is 10.9. The van der Waals surface area contributed by atoms with Gasteiger partial charge in [-0.2, -0.15) is 0 Å². The molecule has 0 atom stereocenters. The number of aryl methyl sites for hydroxylation is 3. The molecule has 0 spiro atoms. The number of fused-ring (bicyclic) bond motifs is 1. The third-order valence-corrected chi connectivity index (χ3v) is 5.81. The Morgan fingerprint density at radius 3 is 2.14 bits per heavy atom. The minimum absolute atomic E-state index is 0. The summed E-state index contributed by atoms with van der Waals surface area (Å²) in [6, 6.07) is 16.4. The van der Waals surface area contributed by atoms with Gasteiger partial charge in [0.25, 0.3) is 0 Å². The average molecular weight is 679 g/mol. The summed E-state index contributed by atoms with van der Waals surface area (Å²) in [6.07, 6.45) is 3.56. The van der Waals surface area contributed by atoms with Crippen LogP contribution in [0.15, 0.2) is 48.2 Å². The summed E-state index contributed by atoms with van der Waals surface area (Å²) in [5.41, 5.74) is 8.36. The number of allylic oxidation sites excluding steroid dienone is 2. The first-order valence-corrected chi connectivity index (χ1v) is 13.2. The topological polar surface area (TPSA) is 50.2 Å². The molecule has 3 rings (SSSR count). The molecule has 0 unspecified atom stereocenters. The van der Waals surface area contributed by atoms with E-state index in [9.17, 15) is 9.90 Å². The zero-order valence-electron chi connectivity index (χ0n) is 24.0. The van der Waals surface area contributed by atoms with Crippen molar-refractivity contribution in [3.8, 4) is 11.3 Å². The smallest absolute Gasteiger partial charge is 0.159 e. The SMILES string of the molecule is CC(C)CC(=O)/C=C(\O)CC(C)C.Cc1[c-]c(-c2ccc3c(CC(C)C)c(C)ccc3n2)cc(C)c1.[Ir]. The molecule has 1 N–H and O–H groups in total. The van der Waals surface area contributed by atoms with Crippen LogP contribution in [0.25, 0.3) is 22.2 Å². The van der Waals surface area contributed by atoms with Gasteiger partial charge in [0.15, 0.2) is 5.78 Å². The molecule has 1 radical (unpaired) electrons. The summed E-state index contributed by atoms with van der Waals surface area (Å²) in [5.74, 6) is 1.62. The molecule has 0 fully saturated rings. The van der Waals surface area contributed by atoms with Gasteiger partial charge in [-0.3, -0.25) is 9.78 Å². The van der Waals surface area contributed by atoms with E-state index in [2.05, 4.69) is 77.1 Å². The van der Waals surface area contributed by atoms with Crippen LogP contribution in [-0.2, 0) is 31.3 Å². The van der Waals surface area contributed by atoms with E-state index in [0.29, 0.717) is 30.6 Å². The van der Waals surface area contributed by atoms with E-state index >= 15 is 0 Å². The van der Waals surface area contributed by atoms with E-state index in [1.165, 1.54) is 28.2 Å². The Morgan fingerprint density at radius 2 is 1.57 bits per heavy atom. The second-order valence-corrected chi connectivity index (χ2v) is 11.3. The van der Waals surface area contributed by atoms with Crippen molar-refractivity contribution >= 4 is 16.7 Å². The molecular weight excluding hydrogens is 635 g/mol. The van der Waals surface area contributed by atoms with Crippen LogP contribution < -0.4 is 0 Å². The first-order valence-electron chi connectivity index (χ1n) is 13.2. The number of carbonyl (C=O) groups excluding carboxylic acids is 1. The van der Waals surface area contributed by atoms with Crippen LogP contribution in [0.4, 0.5) is 0 Å². The maximum atomic E-state index is 11.2. The van der Waals surface area contributed by atoms with Crippen LogP contribution >= 0.6 is 0 Å². The number of rotatable bonds is 8. The fraction of sp³-hybridized carbons (Fsp3) is 0.455. The van der Waals surface area contributed by atoms with Crippen molar-refractivity contribution in [2.45, 2.75) is 81.6 Å². The maximum Gasteiger partial charge on any atom is 0.159 e. The Morgan fingerprint density at radius 1 is 0.919 bits per heavy atom. The molecule has 0 amide bonds. The molecule has 4 heteroatoms. The van der Waals surface area contributed by atoms with Gasteiger partial charge < -0.3 is 5.11 Å². The molecular formula is C33H44IrNO2-. The molecule has 1 aromatic heterocycles. The number of aliphatic hydroxyl groups excluding tert-OH is 1. The Hall–Kier alpha value is -2.29. The summed E-state index contributed by atoms with van der Waals surface area (Å²) in [4.78, 5) is 16.1. The second kappa shape index (κ2) is 15.2. The number of nitrogens with zero attached hydrogens (tertiary/aromatic N) is 1. The van der Waals surface area contributed by atoms with E-state index < -0.39 is 0 Å². The Labute approximate surface area is 238 Å². The van der Waals surface area contributed by atoms with Gasteiger partial charge in [-0.1, -0.05) is 73.6 Å². The average Bonchev–Trinajstić information content (AvgIpc) is 2.73. The minimum atomic E-state index is 0. The molecule has 3 nitrogen and oxygen atoms in total. The molecule has 2 aromatic carbocycles. The van der Waals surface area contributed by atoms with Gasteiger partial charge >= 0.3 is 0 Å². The molecule has 0 bridgehead atoms. The summed E-state index contributed by atoms with van der Waals surface area (Å²) < 4.78 is 0. The Balaban J connectivity index is 0.000000423. The fourth-order valence-electron chi connectivity index (χ4n) is 4.36. The first-order chi connectivity index (χ1) is 16.8. The van der Waals surface area contributed by atoms with Crippen molar-refractivity contribution in [2.24, 2.45) is 17.8 Å². The molecule has 37 heavy (non-hydrogen) atoms. The van der Waals surface area contributed by atoms with E-state index in [1.807, 2.05) is 27.7 Å². The summed E-state index contributed by atoms with van der Waals surface area (Å²) >= 11 is 0. The van der Waals surface area contributed by atoms with E-state index in [4.69, 9.17) is 4.98 Å². The number of hydrogen-bond acceptors (Lipinski definition) is 3. The van der Waals surface area contributed by atoms with Crippen LogP contribution in [0.5, 0.6) is 0 Å². The van der Waals surface area contributed by atoms with Gasteiger partial charge in [-0.25, -0.2) is 0 Å². The zero-order valence-corrected chi connectivity index (χ0v) is 26.4. The second-order valence-electron chi connectivity index (χ2n) is 11.3. The van der Waals surface area contributed by atoms with Crippen molar-refractivity contribution in [3.05, 3.63) is 76.6 Å². The zero-order chi connectivity index (χ0) is 27.0. The predicted octanol–water partition coefficient (Wildman–Crippen LogP) is 8.91. The van der Waals surface area contributed by atoms with Gasteiger partial charge in [0.2, 0.25) is 0 Å². The standard InChI is InChI=1S/C22H24N.C11H20O2.Ir/c1-14(2)10-20-17(5)6-8-22-19(20)7-9-21(23-22)18-12-15(3)11-16(4)13-18;1-8(2)5-10(12)7-11(13)6-9(3)4;/h6-9,11-12,14H,10H2,1-5H3;7-9,12H,5-6H2,1-4H3;/q-1;;/b;10-7-;. The predicted molar refractivity (Wildman–Crippen MR) is 153 cm³/mol. The van der Waals surface area contributed by atoms with Crippen LogP contribution in [-0.4, -0.2) is 15.9 Å². The quantitative estimate of drug-likeness (QED) is 0.147. The van der Waals surface area contributed by atoms with Gasteiger partial charge in [-0.15, -0.1) is 34.9 Å². The molecule has 0 aliphatic heterocycles. The summed E-state index contributed by atoms with van der Waals surface area (Å²) in [6.45, 7) is 18.9. The monoisotopic (exact) mass is 679 g/mol. The molecule has 1 heterocycles. The van der Waals surface area contributed by atoms with Gasteiger partial charge in [0, 0.05) is 44.4 Å². The fourth-order valence-corrected chi connectivity index (χ4v) is 4.36.